The number of aliphatic imine (C=N–C) groups is 1. The maximum absolute atomic E-state index is 11.7. The molecule has 0 radical (unpaired) electrons. The van der Waals surface area contributed by atoms with E-state index >= 15 is 0 Å². The van der Waals surface area contributed by atoms with Crippen molar-refractivity contribution < 1.29 is 14.3 Å². The predicted octanol–water partition coefficient (Wildman–Crippen LogP) is 1.93. The van der Waals surface area contributed by atoms with Crippen LogP contribution in [0.2, 0.25) is 0 Å². The van der Waals surface area contributed by atoms with Gasteiger partial charge in [0.1, 0.15) is 0 Å². The van der Waals surface area contributed by atoms with E-state index in [-0.39, 0.29) is 35.3 Å². The van der Waals surface area contributed by atoms with Gasteiger partial charge >= 0.3 is 0 Å². The van der Waals surface area contributed by atoms with E-state index in [2.05, 4.69) is 15.6 Å². The monoisotopic (exact) mass is 478 g/mol. The molecule has 1 aromatic carbocycles. The lowest BCUT2D eigenvalue weighted by Crippen LogP contribution is -2.41. The van der Waals surface area contributed by atoms with Gasteiger partial charge in [-0.15, -0.1) is 24.0 Å². The summed E-state index contributed by atoms with van der Waals surface area (Å²) in [7, 11) is 3.22. The number of ether oxygens (including phenoxy) is 2. The van der Waals surface area contributed by atoms with Crippen LogP contribution >= 0.6 is 24.0 Å². The molecule has 0 bridgehead atoms. The van der Waals surface area contributed by atoms with E-state index in [4.69, 9.17) is 15.2 Å². The van der Waals surface area contributed by atoms with Gasteiger partial charge in [0.25, 0.3) is 0 Å². The number of benzene rings is 1. The first-order valence-corrected chi connectivity index (χ1v) is 8.31. The molecule has 0 saturated heterocycles. The third-order valence-electron chi connectivity index (χ3n) is 3.53. The summed E-state index contributed by atoms with van der Waals surface area (Å²) in [5.74, 6) is 1.78. The molecular formula is C18H31IN4O3. The summed E-state index contributed by atoms with van der Waals surface area (Å²) < 4.78 is 10.5. The first kappa shape index (κ1) is 24.3. The summed E-state index contributed by atoms with van der Waals surface area (Å²) in [6, 6.07) is 5.78. The molecule has 0 heterocycles. The molecule has 0 aliphatic rings. The van der Waals surface area contributed by atoms with Gasteiger partial charge in [-0.2, -0.15) is 0 Å². The average molecular weight is 478 g/mol. The van der Waals surface area contributed by atoms with Crippen molar-refractivity contribution in [1.29, 1.82) is 0 Å². The Labute approximate surface area is 173 Å². The molecular weight excluding hydrogens is 447 g/mol. The summed E-state index contributed by atoms with van der Waals surface area (Å²) >= 11 is 0. The minimum atomic E-state index is -0.390. The number of guanidine groups is 1. The highest BCUT2D eigenvalue weighted by Crippen LogP contribution is 2.27. The van der Waals surface area contributed by atoms with Crippen molar-refractivity contribution in [3.05, 3.63) is 23.8 Å². The molecule has 148 valence electrons. The largest absolute Gasteiger partial charge is 0.493 e. The SMILES string of the molecule is COc1ccc(CCN=C(N)NCCNC(=O)C(C)(C)C)cc1OC.I. The highest BCUT2D eigenvalue weighted by Gasteiger charge is 2.20. The Morgan fingerprint density at radius 3 is 2.31 bits per heavy atom. The van der Waals surface area contributed by atoms with Crippen molar-refractivity contribution in [2.75, 3.05) is 33.9 Å². The van der Waals surface area contributed by atoms with E-state index in [9.17, 15) is 4.79 Å². The Morgan fingerprint density at radius 2 is 1.73 bits per heavy atom. The van der Waals surface area contributed by atoms with Gasteiger partial charge in [-0.05, 0) is 24.1 Å². The molecule has 7 nitrogen and oxygen atoms in total. The second kappa shape index (κ2) is 11.8. The molecule has 0 aromatic heterocycles. The van der Waals surface area contributed by atoms with Crippen LogP contribution in [-0.4, -0.2) is 45.7 Å². The van der Waals surface area contributed by atoms with Crippen molar-refractivity contribution in [3.63, 3.8) is 0 Å². The number of nitrogens with one attached hydrogen (secondary N) is 2. The Morgan fingerprint density at radius 1 is 1.12 bits per heavy atom. The minimum Gasteiger partial charge on any atom is -0.493 e. The molecule has 1 aromatic rings. The summed E-state index contributed by atoms with van der Waals surface area (Å²) in [5.41, 5.74) is 6.52. The van der Waals surface area contributed by atoms with E-state index in [0.29, 0.717) is 37.1 Å². The number of halogens is 1. The van der Waals surface area contributed by atoms with Crippen molar-refractivity contribution >= 4 is 35.8 Å². The highest BCUT2D eigenvalue weighted by molar-refractivity contribution is 14.0. The van der Waals surface area contributed by atoms with Crippen LogP contribution in [0.4, 0.5) is 0 Å². The zero-order valence-electron chi connectivity index (χ0n) is 16.2. The molecule has 1 rings (SSSR count). The van der Waals surface area contributed by atoms with Crippen LogP contribution in [0.5, 0.6) is 11.5 Å². The van der Waals surface area contributed by atoms with Crippen LogP contribution in [-0.2, 0) is 11.2 Å². The number of nitrogens with two attached hydrogens (primary N) is 1. The predicted molar refractivity (Wildman–Crippen MR) is 116 cm³/mol. The van der Waals surface area contributed by atoms with Crippen LogP contribution in [0, 0.1) is 5.41 Å². The summed E-state index contributed by atoms with van der Waals surface area (Å²) in [5, 5.41) is 5.83. The number of hydrogen-bond acceptors (Lipinski definition) is 4. The van der Waals surface area contributed by atoms with Gasteiger partial charge in [0.05, 0.1) is 14.2 Å². The Balaban J connectivity index is 0.00000625. The Hall–Kier alpha value is -1.71. The molecule has 0 fully saturated rings. The smallest absolute Gasteiger partial charge is 0.225 e. The Kier molecular flexibility index (Phi) is 11.0. The van der Waals surface area contributed by atoms with Gasteiger partial charge in [-0.3, -0.25) is 9.79 Å². The number of nitrogens with zero attached hydrogens (tertiary/aromatic N) is 1. The fourth-order valence-corrected chi connectivity index (χ4v) is 2.03. The standard InChI is InChI=1S/C18H30N4O3.HI/c1-18(2,3)16(23)20-10-11-22-17(19)21-9-8-13-6-7-14(24-4)15(12-13)25-5;/h6-7,12H,8-11H2,1-5H3,(H,20,23)(H3,19,21,22);1H. The van der Waals surface area contributed by atoms with Crippen LogP contribution < -0.4 is 25.8 Å². The van der Waals surface area contributed by atoms with Crippen LogP contribution in [0.1, 0.15) is 26.3 Å². The molecule has 0 saturated carbocycles. The molecule has 0 atom stereocenters. The lowest BCUT2D eigenvalue weighted by molar-refractivity contribution is -0.128. The number of rotatable bonds is 8. The van der Waals surface area contributed by atoms with Crippen molar-refractivity contribution in [1.82, 2.24) is 10.6 Å². The summed E-state index contributed by atoms with van der Waals surface area (Å²) in [6.45, 7) is 7.22. The molecule has 4 N–H and O–H groups in total. The molecule has 1 amide bonds. The molecule has 0 unspecified atom stereocenters. The number of hydrogen-bond donors (Lipinski definition) is 3. The summed E-state index contributed by atoms with van der Waals surface area (Å²) in [4.78, 5) is 16.0. The van der Waals surface area contributed by atoms with Crippen LogP contribution in [0.25, 0.3) is 0 Å². The van der Waals surface area contributed by atoms with Gasteiger partial charge in [0.2, 0.25) is 5.91 Å². The van der Waals surface area contributed by atoms with Crippen molar-refractivity contribution in [2.24, 2.45) is 16.1 Å². The van der Waals surface area contributed by atoms with Crippen LogP contribution in [0.15, 0.2) is 23.2 Å². The first-order chi connectivity index (χ1) is 11.8. The first-order valence-electron chi connectivity index (χ1n) is 8.31. The fraction of sp³-hybridized carbons (Fsp3) is 0.556. The van der Waals surface area contributed by atoms with Gasteiger partial charge in [0.15, 0.2) is 17.5 Å². The number of amides is 1. The van der Waals surface area contributed by atoms with Gasteiger partial charge in [0, 0.05) is 25.0 Å². The summed E-state index contributed by atoms with van der Waals surface area (Å²) in [6.07, 6.45) is 0.740. The molecule has 0 aliphatic heterocycles. The van der Waals surface area contributed by atoms with Gasteiger partial charge in [-0.25, -0.2) is 0 Å². The maximum Gasteiger partial charge on any atom is 0.225 e. The third-order valence-corrected chi connectivity index (χ3v) is 3.53. The highest BCUT2D eigenvalue weighted by atomic mass is 127. The van der Waals surface area contributed by atoms with Crippen molar-refractivity contribution in [2.45, 2.75) is 27.2 Å². The van der Waals surface area contributed by atoms with E-state index < -0.39 is 0 Å². The molecule has 8 heteroatoms. The second-order valence-corrected chi connectivity index (χ2v) is 6.64. The topological polar surface area (TPSA) is 98.0 Å². The van der Waals surface area contributed by atoms with Gasteiger partial charge in [-0.1, -0.05) is 26.8 Å². The number of carbonyl (C=O) groups is 1. The lowest BCUT2D eigenvalue weighted by atomic mass is 9.96. The Bertz CT molecular complexity index is 601. The quantitative estimate of drug-likeness (QED) is 0.230. The molecule has 0 spiro atoms. The van der Waals surface area contributed by atoms with E-state index in [1.165, 1.54) is 0 Å². The van der Waals surface area contributed by atoms with E-state index in [0.717, 1.165) is 12.0 Å². The average Bonchev–Trinajstić information content (AvgIpc) is 2.57. The fourth-order valence-electron chi connectivity index (χ4n) is 2.03. The van der Waals surface area contributed by atoms with Crippen molar-refractivity contribution in [3.8, 4) is 11.5 Å². The van der Waals surface area contributed by atoms with Gasteiger partial charge < -0.3 is 25.8 Å². The van der Waals surface area contributed by atoms with E-state index in [1.54, 1.807) is 14.2 Å². The molecule has 0 aliphatic carbocycles. The minimum absolute atomic E-state index is 0. The van der Waals surface area contributed by atoms with E-state index in [1.807, 2.05) is 39.0 Å². The number of carbonyl (C=O) groups excluding carboxylic acids is 1. The zero-order valence-corrected chi connectivity index (χ0v) is 18.5. The molecule has 26 heavy (non-hydrogen) atoms. The zero-order chi connectivity index (χ0) is 18.9. The second-order valence-electron chi connectivity index (χ2n) is 6.64. The van der Waals surface area contributed by atoms with Crippen LogP contribution in [0.3, 0.4) is 0 Å². The maximum atomic E-state index is 11.7. The third kappa shape index (κ3) is 8.59. The number of methoxy groups -OCH3 is 2. The normalized spacial score (nSPS) is 11.3. The lowest BCUT2D eigenvalue weighted by Gasteiger charge is -2.17.